The van der Waals surface area contributed by atoms with Crippen LogP contribution in [0.15, 0.2) is 0 Å². The van der Waals surface area contributed by atoms with Crippen LogP contribution >= 0.6 is 11.8 Å². The summed E-state index contributed by atoms with van der Waals surface area (Å²) in [6.07, 6.45) is 3.04. The van der Waals surface area contributed by atoms with Gasteiger partial charge in [-0.15, -0.1) is 0 Å². The zero-order valence-electron chi connectivity index (χ0n) is 8.77. The summed E-state index contributed by atoms with van der Waals surface area (Å²) in [5, 5.41) is 2.45. The average molecular weight is 256 g/mol. The highest BCUT2D eigenvalue weighted by atomic mass is 32.2. The topological polar surface area (TPSA) is 55.1 Å². The maximum atomic E-state index is 11.8. The molecule has 0 aromatic heterocycles. The summed E-state index contributed by atoms with van der Waals surface area (Å²) in [7, 11) is 0. The molecule has 0 aromatic rings. The predicted octanol–water partition coefficient (Wildman–Crippen LogP) is 1.63. The molecule has 0 atom stereocenters. The fourth-order valence-electron chi connectivity index (χ4n) is 1.74. The van der Waals surface area contributed by atoms with Gasteiger partial charge in [0.05, 0.1) is 5.54 Å². The molecule has 1 amide bonds. The van der Waals surface area contributed by atoms with Gasteiger partial charge in [0.2, 0.25) is 5.91 Å². The van der Waals surface area contributed by atoms with Crippen LogP contribution in [0, 0.1) is 0 Å². The van der Waals surface area contributed by atoms with Crippen LogP contribution in [0.25, 0.3) is 0 Å². The zero-order valence-corrected chi connectivity index (χ0v) is 9.59. The maximum Gasteiger partial charge on any atom is 0.441 e. The second kappa shape index (κ2) is 5.27. The second-order valence-electron chi connectivity index (χ2n) is 3.91. The Labute approximate surface area is 96.3 Å². The number of halogens is 3. The van der Waals surface area contributed by atoms with Crippen molar-refractivity contribution in [3.05, 3.63) is 0 Å². The minimum absolute atomic E-state index is 0.00194. The summed E-state index contributed by atoms with van der Waals surface area (Å²) in [6, 6.07) is 0. The van der Waals surface area contributed by atoms with Crippen LogP contribution in [0.5, 0.6) is 0 Å². The number of hydrogen-bond donors (Lipinski definition) is 2. The Kier molecular flexibility index (Phi) is 4.49. The first-order valence-electron chi connectivity index (χ1n) is 5.11. The monoisotopic (exact) mass is 256 g/mol. The molecule has 16 heavy (non-hydrogen) atoms. The van der Waals surface area contributed by atoms with Crippen molar-refractivity contribution in [2.24, 2.45) is 5.73 Å². The van der Waals surface area contributed by atoms with Crippen LogP contribution in [0.2, 0.25) is 0 Å². The van der Waals surface area contributed by atoms with Gasteiger partial charge < -0.3 is 11.1 Å². The van der Waals surface area contributed by atoms with E-state index in [1.165, 1.54) is 0 Å². The van der Waals surface area contributed by atoms with Gasteiger partial charge in [-0.05, 0) is 24.6 Å². The molecule has 0 heterocycles. The van der Waals surface area contributed by atoms with Crippen molar-refractivity contribution in [3.63, 3.8) is 0 Å². The number of carbonyl (C=O) groups excluding carboxylic acids is 1. The molecule has 7 heteroatoms. The van der Waals surface area contributed by atoms with E-state index in [4.69, 9.17) is 5.73 Å². The van der Waals surface area contributed by atoms with E-state index in [0.29, 0.717) is 12.8 Å². The third-order valence-electron chi connectivity index (χ3n) is 2.60. The molecule has 0 radical (unpaired) electrons. The normalized spacial score (nSPS) is 19.8. The van der Waals surface area contributed by atoms with Gasteiger partial charge in [0, 0.05) is 12.3 Å². The molecule has 0 spiro atoms. The Hall–Kier alpha value is -0.430. The molecular weight excluding hydrogens is 241 g/mol. The number of alkyl halides is 3. The Balaban J connectivity index is 2.20. The van der Waals surface area contributed by atoms with Crippen LogP contribution in [-0.4, -0.2) is 29.3 Å². The van der Waals surface area contributed by atoms with Crippen molar-refractivity contribution in [1.29, 1.82) is 0 Å². The number of carbonyl (C=O) groups is 1. The standard InChI is InChI=1S/C9H15F3N2OS/c10-9(11,12)16-6-5-14-7(15)8(13)3-1-2-4-8/h1-6,13H2,(H,14,15). The predicted molar refractivity (Wildman–Crippen MR) is 56.9 cm³/mol. The van der Waals surface area contributed by atoms with Gasteiger partial charge in [-0.25, -0.2) is 0 Å². The lowest BCUT2D eigenvalue weighted by Crippen LogP contribution is -2.52. The lowest BCUT2D eigenvalue weighted by atomic mass is 9.98. The quantitative estimate of drug-likeness (QED) is 0.752. The van der Waals surface area contributed by atoms with Crippen molar-refractivity contribution in [3.8, 4) is 0 Å². The minimum Gasteiger partial charge on any atom is -0.354 e. The first kappa shape index (κ1) is 13.6. The van der Waals surface area contributed by atoms with E-state index in [2.05, 4.69) is 5.32 Å². The molecule has 3 N–H and O–H groups in total. The van der Waals surface area contributed by atoms with Gasteiger partial charge in [-0.2, -0.15) is 13.2 Å². The van der Waals surface area contributed by atoms with Crippen LogP contribution in [0.1, 0.15) is 25.7 Å². The Morgan fingerprint density at radius 1 is 1.38 bits per heavy atom. The summed E-state index contributed by atoms with van der Waals surface area (Å²) in [5.74, 6) is -0.501. The largest absolute Gasteiger partial charge is 0.441 e. The van der Waals surface area contributed by atoms with Gasteiger partial charge in [0.25, 0.3) is 0 Å². The summed E-state index contributed by atoms with van der Waals surface area (Å²) in [4.78, 5) is 11.6. The molecule has 0 saturated heterocycles. The molecule has 94 valence electrons. The molecule has 1 saturated carbocycles. The number of amides is 1. The smallest absolute Gasteiger partial charge is 0.354 e. The summed E-state index contributed by atoms with van der Waals surface area (Å²) in [5.41, 5.74) is 0.734. The Bertz CT molecular complexity index is 252. The number of hydrogen-bond acceptors (Lipinski definition) is 3. The van der Waals surface area contributed by atoms with E-state index in [-0.39, 0.29) is 30.0 Å². The van der Waals surface area contributed by atoms with E-state index < -0.39 is 11.0 Å². The highest BCUT2D eigenvalue weighted by Gasteiger charge is 2.36. The molecule has 0 aromatic carbocycles. The highest BCUT2D eigenvalue weighted by molar-refractivity contribution is 8.00. The fraction of sp³-hybridized carbons (Fsp3) is 0.889. The molecule has 1 aliphatic rings. The van der Waals surface area contributed by atoms with Crippen molar-refractivity contribution in [1.82, 2.24) is 5.32 Å². The van der Waals surface area contributed by atoms with E-state index in [1.54, 1.807) is 0 Å². The maximum absolute atomic E-state index is 11.8. The van der Waals surface area contributed by atoms with Crippen molar-refractivity contribution in [2.75, 3.05) is 12.3 Å². The zero-order chi connectivity index (χ0) is 12.2. The van der Waals surface area contributed by atoms with Crippen LogP contribution in [0.4, 0.5) is 13.2 Å². The lowest BCUT2D eigenvalue weighted by Gasteiger charge is -2.22. The van der Waals surface area contributed by atoms with E-state index in [0.717, 1.165) is 12.8 Å². The number of nitrogens with two attached hydrogens (primary N) is 1. The Morgan fingerprint density at radius 3 is 2.44 bits per heavy atom. The fourth-order valence-corrected chi connectivity index (χ4v) is 2.18. The van der Waals surface area contributed by atoms with E-state index in [9.17, 15) is 18.0 Å². The highest BCUT2D eigenvalue weighted by Crippen LogP contribution is 2.30. The Morgan fingerprint density at radius 2 is 1.94 bits per heavy atom. The molecular formula is C9H15F3N2OS. The van der Waals surface area contributed by atoms with Crippen molar-refractivity contribution < 1.29 is 18.0 Å². The lowest BCUT2D eigenvalue weighted by molar-refractivity contribution is -0.126. The molecule has 0 bridgehead atoms. The average Bonchev–Trinajstić information content (AvgIpc) is 2.59. The number of nitrogens with one attached hydrogen (secondary N) is 1. The third-order valence-corrected chi connectivity index (χ3v) is 3.34. The molecule has 0 unspecified atom stereocenters. The SMILES string of the molecule is NC1(C(=O)NCCSC(F)(F)F)CCCC1. The summed E-state index contributed by atoms with van der Waals surface area (Å²) in [6.45, 7) is 0.00194. The number of thioether (sulfide) groups is 1. The van der Waals surface area contributed by atoms with Gasteiger partial charge in [-0.3, -0.25) is 4.79 Å². The third kappa shape index (κ3) is 4.21. The van der Waals surface area contributed by atoms with Gasteiger partial charge in [-0.1, -0.05) is 12.8 Å². The second-order valence-corrected chi connectivity index (χ2v) is 5.07. The van der Waals surface area contributed by atoms with Gasteiger partial charge in [0.1, 0.15) is 0 Å². The number of rotatable bonds is 4. The first-order valence-corrected chi connectivity index (χ1v) is 6.10. The van der Waals surface area contributed by atoms with Crippen molar-refractivity contribution in [2.45, 2.75) is 36.7 Å². The summed E-state index contributed by atoms with van der Waals surface area (Å²) >= 11 is -0.139. The van der Waals surface area contributed by atoms with Crippen LogP contribution in [0.3, 0.4) is 0 Å². The van der Waals surface area contributed by atoms with Crippen molar-refractivity contribution >= 4 is 17.7 Å². The van der Waals surface area contributed by atoms with Gasteiger partial charge >= 0.3 is 5.51 Å². The van der Waals surface area contributed by atoms with Crippen LogP contribution < -0.4 is 11.1 Å². The molecule has 1 fully saturated rings. The molecule has 1 aliphatic carbocycles. The minimum atomic E-state index is -4.24. The van der Waals surface area contributed by atoms with E-state index in [1.807, 2.05) is 0 Å². The molecule has 1 rings (SSSR count). The van der Waals surface area contributed by atoms with Crippen LogP contribution in [-0.2, 0) is 4.79 Å². The first-order chi connectivity index (χ1) is 7.33. The van der Waals surface area contributed by atoms with Gasteiger partial charge in [0.15, 0.2) is 0 Å². The van der Waals surface area contributed by atoms with E-state index >= 15 is 0 Å². The summed E-state index contributed by atoms with van der Waals surface area (Å²) < 4.78 is 35.3. The molecule has 3 nitrogen and oxygen atoms in total. The molecule has 0 aliphatic heterocycles.